The van der Waals surface area contributed by atoms with E-state index >= 15 is 0 Å². The maximum atomic E-state index is 12.5. The van der Waals surface area contributed by atoms with E-state index in [1.807, 2.05) is 12.2 Å². The summed E-state index contributed by atoms with van der Waals surface area (Å²) in [5.74, 6) is -1.31. The molecule has 0 aliphatic heterocycles. The van der Waals surface area contributed by atoms with Crippen molar-refractivity contribution in [1.29, 1.82) is 0 Å². The Morgan fingerprint density at radius 3 is 2.67 bits per heavy atom. The van der Waals surface area contributed by atoms with Crippen molar-refractivity contribution in [3.05, 3.63) is 11.8 Å². The van der Waals surface area contributed by atoms with Gasteiger partial charge in [0, 0.05) is 11.8 Å². The van der Waals surface area contributed by atoms with Gasteiger partial charge in [0.25, 0.3) is 5.91 Å². The topological polar surface area (TPSA) is 83.8 Å². The van der Waals surface area contributed by atoms with Crippen molar-refractivity contribution in [2.24, 2.45) is 5.73 Å². The number of hydrogen-bond donors (Lipinski definition) is 3. The normalized spacial score (nSPS) is 15.2. The van der Waals surface area contributed by atoms with Gasteiger partial charge in [-0.1, -0.05) is 13.3 Å². The van der Waals surface area contributed by atoms with Crippen molar-refractivity contribution in [2.75, 3.05) is 5.32 Å². The third kappa shape index (κ3) is 3.00. The number of halogens is 3. The number of aromatic amines is 1. The number of amides is 1. The second-order valence-corrected chi connectivity index (χ2v) is 4.18. The predicted molar refractivity (Wildman–Crippen MR) is 59.9 cm³/mol. The zero-order chi connectivity index (χ0) is 14.0. The number of aromatic nitrogens is 2. The van der Waals surface area contributed by atoms with E-state index in [0.29, 0.717) is 13.3 Å². The van der Waals surface area contributed by atoms with E-state index in [9.17, 15) is 18.0 Å². The van der Waals surface area contributed by atoms with Crippen LogP contribution in [0.3, 0.4) is 0 Å². The van der Waals surface area contributed by atoms with Crippen molar-refractivity contribution >= 4 is 11.7 Å². The molecule has 5 nitrogen and oxygen atoms in total. The van der Waals surface area contributed by atoms with Gasteiger partial charge in [0.15, 0.2) is 11.4 Å². The van der Waals surface area contributed by atoms with Crippen molar-refractivity contribution in [2.45, 2.75) is 38.4 Å². The average Bonchev–Trinajstić information content (AvgIpc) is 2.64. The number of anilines is 1. The summed E-state index contributed by atoms with van der Waals surface area (Å²) in [6.07, 6.45) is -3.27. The smallest absolute Gasteiger partial charge is 0.310 e. The molecule has 4 N–H and O–H groups in total. The Morgan fingerprint density at radius 1 is 1.56 bits per heavy atom. The van der Waals surface area contributed by atoms with Crippen LogP contribution in [0, 0.1) is 0 Å². The van der Waals surface area contributed by atoms with E-state index in [-0.39, 0.29) is 5.82 Å². The summed E-state index contributed by atoms with van der Waals surface area (Å²) in [4.78, 5) is 11.4. The molecule has 1 rings (SSSR count). The molecule has 1 heterocycles. The molecule has 8 heteroatoms. The molecule has 0 saturated carbocycles. The first-order valence-electron chi connectivity index (χ1n) is 5.39. The van der Waals surface area contributed by atoms with Crippen LogP contribution in [0.15, 0.2) is 6.07 Å². The largest absolute Gasteiger partial charge is 0.415 e. The van der Waals surface area contributed by atoms with Gasteiger partial charge in [0.05, 0.1) is 0 Å². The Labute approximate surface area is 102 Å². The summed E-state index contributed by atoms with van der Waals surface area (Å²) in [5, 5.41) is 8.35. The van der Waals surface area contributed by atoms with Gasteiger partial charge in [-0.05, 0) is 13.3 Å². The lowest BCUT2D eigenvalue weighted by atomic mass is 10.0. The molecular weight excluding hydrogens is 249 g/mol. The molecule has 0 aromatic carbocycles. The molecule has 0 radical (unpaired) electrons. The molecule has 18 heavy (non-hydrogen) atoms. The number of nitrogens with zero attached hydrogens (tertiary/aromatic N) is 1. The fourth-order valence-electron chi connectivity index (χ4n) is 1.20. The number of H-pyrrole nitrogens is 1. The summed E-state index contributed by atoms with van der Waals surface area (Å²) in [5.41, 5.74) is 2.76. The summed E-state index contributed by atoms with van der Waals surface area (Å²) >= 11 is 0. The van der Waals surface area contributed by atoms with E-state index in [1.54, 1.807) is 0 Å². The number of nitrogens with one attached hydrogen (secondary N) is 2. The zero-order valence-electron chi connectivity index (χ0n) is 10.1. The van der Waals surface area contributed by atoms with Gasteiger partial charge in [0.1, 0.15) is 0 Å². The van der Waals surface area contributed by atoms with E-state index in [2.05, 4.69) is 10.2 Å². The maximum Gasteiger partial charge on any atom is 0.415 e. The van der Waals surface area contributed by atoms with Gasteiger partial charge in [-0.2, -0.15) is 18.3 Å². The molecule has 0 saturated heterocycles. The highest BCUT2D eigenvalue weighted by molar-refractivity contribution is 5.97. The Kier molecular flexibility index (Phi) is 4.00. The minimum Gasteiger partial charge on any atom is -0.310 e. The fraction of sp³-hybridized carbons (Fsp3) is 0.600. The van der Waals surface area contributed by atoms with Gasteiger partial charge in [0.2, 0.25) is 0 Å². The molecule has 0 aliphatic carbocycles. The lowest BCUT2D eigenvalue weighted by molar-refractivity contribution is -0.184. The number of alkyl halides is 3. The van der Waals surface area contributed by atoms with Crippen LogP contribution in [-0.2, 0) is 11.2 Å². The second-order valence-electron chi connectivity index (χ2n) is 4.18. The van der Waals surface area contributed by atoms with Gasteiger partial charge in [-0.3, -0.25) is 9.89 Å². The highest BCUT2D eigenvalue weighted by Crippen LogP contribution is 2.28. The molecule has 1 amide bonds. The molecule has 1 aromatic heterocycles. The number of nitrogens with two attached hydrogens (primary N) is 1. The third-order valence-corrected chi connectivity index (χ3v) is 2.45. The van der Waals surface area contributed by atoms with E-state index in [0.717, 1.165) is 12.1 Å². The molecule has 1 unspecified atom stereocenters. The number of rotatable bonds is 4. The van der Waals surface area contributed by atoms with Crippen LogP contribution >= 0.6 is 0 Å². The second kappa shape index (κ2) is 4.97. The molecule has 0 spiro atoms. The molecular formula is C10H15F3N4O. The highest BCUT2D eigenvalue weighted by Gasteiger charge is 2.54. The van der Waals surface area contributed by atoms with Crippen LogP contribution in [0.5, 0.6) is 0 Å². The Balaban J connectivity index is 2.75. The first kappa shape index (κ1) is 14.5. The minimum absolute atomic E-state index is 0.0318. The number of carbonyl (C=O) groups excluding carboxylic acids is 1. The summed E-state index contributed by atoms with van der Waals surface area (Å²) in [6, 6.07) is 1.48. The Bertz CT molecular complexity index is 425. The third-order valence-electron chi connectivity index (χ3n) is 2.45. The predicted octanol–water partition coefficient (Wildman–Crippen LogP) is 1.58. The lowest BCUT2D eigenvalue weighted by Crippen LogP contribution is -2.59. The van der Waals surface area contributed by atoms with Gasteiger partial charge >= 0.3 is 6.18 Å². The minimum atomic E-state index is -4.82. The first-order chi connectivity index (χ1) is 8.18. The summed E-state index contributed by atoms with van der Waals surface area (Å²) in [6.45, 7) is 2.56. The first-order valence-corrected chi connectivity index (χ1v) is 5.39. The van der Waals surface area contributed by atoms with Crippen LogP contribution in [0.2, 0.25) is 0 Å². The van der Waals surface area contributed by atoms with Gasteiger partial charge < -0.3 is 11.1 Å². The zero-order valence-corrected chi connectivity index (χ0v) is 10.1. The average molecular weight is 264 g/mol. The van der Waals surface area contributed by atoms with E-state index < -0.39 is 17.6 Å². The van der Waals surface area contributed by atoms with Crippen LogP contribution in [0.4, 0.5) is 19.0 Å². The lowest BCUT2D eigenvalue weighted by Gasteiger charge is -2.25. The van der Waals surface area contributed by atoms with E-state index in [1.165, 1.54) is 6.07 Å². The Hall–Kier alpha value is -1.57. The van der Waals surface area contributed by atoms with Crippen LogP contribution in [-0.4, -0.2) is 27.8 Å². The fourth-order valence-corrected chi connectivity index (χ4v) is 1.20. The summed E-state index contributed by atoms with van der Waals surface area (Å²) in [7, 11) is 0. The molecule has 0 aliphatic rings. The molecule has 1 aromatic rings. The molecule has 102 valence electrons. The van der Waals surface area contributed by atoms with Crippen LogP contribution in [0.25, 0.3) is 0 Å². The SMILES string of the molecule is CCCc1cc(NC(=O)C(C)(N)C(F)(F)F)n[nH]1. The quantitative estimate of drug-likeness (QED) is 0.772. The standard InChI is InChI=1S/C10H15F3N4O/c1-3-4-6-5-7(17-16-6)15-8(18)9(2,14)10(11,12)13/h5H,3-4,14H2,1-2H3,(H2,15,16,17,18). The molecule has 1 atom stereocenters. The maximum absolute atomic E-state index is 12.5. The van der Waals surface area contributed by atoms with Gasteiger partial charge in [-0.15, -0.1) is 0 Å². The number of hydrogen-bond acceptors (Lipinski definition) is 3. The number of aryl methyl sites for hydroxylation is 1. The van der Waals surface area contributed by atoms with Gasteiger partial charge in [-0.25, -0.2) is 0 Å². The molecule has 0 bridgehead atoms. The van der Waals surface area contributed by atoms with Crippen molar-refractivity contribution in [3.63, 3.8) is 0 Å². The van der Waals surface area contributed by atoms with Crippen molar-refractivity contribution < 1.29 is 18.0 Å². The van der Waals surface area contributed by atoms with Crippen LogP contribution < -0.4 is 11.1 Å². The van der Waals surface area contributed by atoms with Crippen LogP contribution in [0.1, 0.15) is 26.0 Å². The number of carbonyl (C=O) groups is 1. The molecule has 0 fully saturated rings. The summed E-state index contributed by atoms with van der Waals surface area (Å²) < 4.78 is 37.5. The monoisotopic (exact) mass is 264 g/mol. The van der Waals surface area contributed by atoms with Crippen molar-refractivity contribution in [1.82, 2.24) is 10.2 Å². The van der Waals surface area contributed by atoms with E-state index in [4.69, 9.17) is 5.73 Å². The van der Waals surface area contributed by atoms with Crippen molar-refractivity contribution in [3.8, 4) is 0 Å². The Morgan fingerprint density at radius 2 is 2.17 bits per heavy atom. The highest BCUT2D eigenvalue weighted by atomic mass is 19.4.